The quantitative estimate of drug-likeness (QED) is 0.708. The maximum Gasteiger partial charge on any atom is 0.138 e. The summed E-state index contributed by atoms with van der Waals surface area (Å²) in [6.45, 7) is 0. The number of rotatable bonds is 2. The standard InChI is InChI=1S/C15H10ClN3/c16-13-8-6-12(7-9-13)14-15(19-18-10-17-14)11-4-2-1-3-5-11/h1-10H. The molecule has 0 unspecified atom stereocenters. The van der Waals surface area contributed by atoms with Gasteiger partial charge in [-0.25, -0.2) is 4.98 Å². The Bertz CT molecular complexity index is 681. The molecular weight excluding hydrogens is 258 g/mol. The minimum Gasteiger partial charge on any atom is -0.232 e. The number of hydrogen-bond acceptors (Lipinski definition) is 3. The van der Waals surface area contributed by atoms with E-state index >= 15 is 0 Å². The highest BCUT2D eigenvalue weighted by Gasteiger charge is 2.10. The number of nitrogens with zero attached hydrogens (tertiary/aromatic N) is 3. The second-order valence-electron chi connectivity index (χ2n) is 4.03. The third kappa shape index (κ3) is 2.46. The average Bonchev–Trinajstić information content (AvgIpc) is 2.49. The lowest BCUT2D eigenvalue weighted by atomic mass is 10.0. The lowest BCUT2D eigenvalue weighted by Gasteiger charge is -2.06. The van der Waals surface area contributed by atoms with Crippen LogP contribution >= 0.6 is 11.6 Å². The molecule has 0 amide bonds. The van der Waals surface area contributed by atoms with E-state index in [2.05, 4.69) is 15.2 Å². The topological polar surface area (TPSA) is 38.7 Å². The molecule has 3 nitrogen and oxygen atoms in total. The molecule has 1 heterocycles. The van der Waals surface area contributed by atoms with Gasteiger partial charge >= 0.3 is 0 Å². The SMILES string of the molecule is Clc1ccc(-c2ncnnc2-c2ccccc2)cc1. The molecule has 4 heteroatoms. The van der Waals surface area contributed by atoms with Crippen LogP contribution in [0.15, 0.2) is 60.9 Å². The molecule has 1 aromatic heterocycles. The molecule has 0 bridgehead atoms. The molecule has 0 saturated carbocycles. The van der Waals surface area contributed by atoms with Crippen LogP contribution in [0.2, 0.25) is 5.02 Å². The lowest BCUT2D eigenvalue weighted by Crippen LogP contribution is -1.95. The van der Waals surface area contributed by atoms with Crippen molar-refractivity contribution in [3.63, 3.8) is 0 Å². The molecule has 0 fully saturated rings. The highest BCUT2D eigenvalue weighted by Crippen LogP contribution is 2.28. The van der Waals surface area contributed by atoms with Crippen molar-refractivity contribution in [2.45, 2.75) is 0 Å². The smallest absolute Gasteiger partial charge is 0.138 e. The fourth-order valence-electron chi connectivity index (χ4n) is 1.89. The summed E-state index contributed by atoms with van der Waals surface area (Å²) >= 11 is 5.91. The Kier molecular flexibility index (Phi) is 3.21. The first-order valence-electron chi connectivity index (χ1n) is 5.83. The first kappa shape index (κ1) is 11.8. The van der Waals surface area contributed by atoms with Gasteiger partial charge in [0, 0.05) is 16.1 Å². The molecule has 0 aliphatic carbocycles. The zero-order valence-electron chi connectivity index (χ0n) is 9.99. The van der Waals surface area contributed by atoms with Crippen LogP contribution in [0.1, 0.15) is 0 Å². The van der Waals surface area contributed by atoms with E-state index in [1.165, 1.54) is 6.33 Å². The summed E-state index contributed by atoms with van der Waals surface area (Å²) in [4.78, 5) is 4.34. The third-order valence-corrected chi connectivity index (χ3v) is 3.04. The summed E-state index contributed by atoms with van der Waals surface area (Å²) in [6, 6.07) is 17.4. The van der Waals surface area contributed by atoms with Gasteiger partial charge < -0.3 is 0 Å². The first-order chi connectivity index (χ1) is 9.34. The predicted octanol–water partition coefficient (Wildman–Crippen LogP) is 3.86. The maximum atomic E-state index is 5.91. The van der Waals surface area contributed by atoms with Crippen LogP contribution in [0.4, 0.5) is 0 Å². The molecule has 0 saturated heterocycles. The van der Waals surface area contributed by atoms with Gasteiger partial charge in [0.1, 0.15) is 17.7 Å². The van der Waals surface area contributed by atoms with Gasteiger partial charge in [-0.2, -0.15) is 0 Å². The minimum atomic E-state index is 0.701. The van der Waals surface area contributed by atoms with Crippen molar-refractivity contribution >= 4 is 11.6 Å². The van der Waals surface area contributed by atoms with Crippen LogP contribution in [0.5, 0.6) is 0 Å². The van der Waals surface area contributed by atoms with Crippen LogP contribution in [0, 0.1) is 0 Å². The van der Waals surface area contributed by atoms with Crippen molar-refractivity contribution < 1.29 is 0 Å². The maximum absolute atomic E-state index is 5.91. The third-order valence-electron chi connectivity index (χ3n) is 2.79. The summed E-state index contributed by atoms with van der Waals surface area (Å²) in [6.07, 6.45) is 1.45. The number of aromatic nitrogens is 3. The Morgan fingerprint density at radius 3 is 2.16 bits per heavy atom. The van der Waals surface area contributed by atoms with Gasteiger partial charge in [0.25, 0.3) is 0 Å². The van der Waals surface area contributed by atoms with Crippen molar-refractivity contribution in [2.24, 2.45) is 0 Å². The van der Waals surface area contributed by atoms with Crippen molar-refractivity contribution in [1.29, 1.82) is 0 Å². The fraction of sp³-hybridized carbons (Fsp3) is 0. The Morgan fingerprint density at radius 1 is 0.737 bits per heavy atom. The molecular formula is C15H10ClN3. The van der Waals surface area contributed by atoms with E-state index in [0.29, 0.717) is 5.02 Å². The Labute approximate surface area is 115 Å². The van der Waals surface area contributed by atoms with E-state index in [9.17, 15) is 0 Å². The number of halogens is 1. The average molecular weight is 268 g/mol. The molecule has 0 atom stereocenters. The molecule has 92 valence electrons. The normalized spacial score (nSPS) is 10.4. The van der Waals surface area contributed by atoms with E-state index in [1.54, 1.807) is 0 Å². The van der Waals surface area contributed by atoms with Gasteiger partial charge in [-0.1, -0.05) is 54.1 Å². The zero-order valence-corrected chi connectivity index (χ0v) is 10.7. The second kappa shape index (κ2) is 5.16. The summed E-state index contributed by atoms with van der Waals surface area (Å²) in [5.41, 5.74) is 3.54. The van der Waals surface area contributed by atoms with Crippen molar-refractivity contribution in [3.05, 3.63) is 65.9 Å². The van der Waals surface area contributed by atoms with Crippen molar-refractivity contribution in [1.82, 2.24) is 15.2 Å². The second-order valence-corrected chi connectivity index (χ2v) is 4.47. The van der Waals surface area contributed by atoms with E-state index < -0.39 is 0 Å². The van der Waals surface area contributed by atoms with Gasteiger partial charge in [-0.15, -0.1) is 10.2 Å². The number of benzene rings is 2. The summed E-state index contributed by atoms with van der Waals surface area (Å²) in [7, 11) is 0. The van der Waals surface area contributed by atoms with Gasteiger partial charge in [0.2, 0.25) is 0 Å². The highest BCUT2D eigenvalue weighted by atomic mass is 35.5. The van der Waals surface area contributed by atoms with Gasteiger partial charge in [-0.05, 0) is 12.1 Å². The highest BCUT2D eigenvalue weighted by molar-refractivity contribution is 6.30. The van der Waals surface area contributed by atoms with Gasteiger partial charge in [0.05, 0.1) is 0 Å². The lowest BCUT2D eigenvalue weighted by molar-refractivity contribution is 0.981. The molecule has 0 radical (unpaired) electrons. The monoisotopic (exact) mass is 267 g/mol. The zero-order chi connectivity index (χ0) is 13.1. The van der Waals surface area contributed by atoms with Crippen LogP contribution in [0.3, 0.4) is 0 Å². The largest absolute Gasteiger partial charge is 0.232 e. The molecule has 3 rings (SSSR count). The summed E-state index contributed by atoms with van der Waals surface area (Å²) in [5, 5.41) is 8.78. The Morgan fingerprint density at radius 2 is 1.42 bits per heavy atom. The predicted molar refractivity (Wildman–Crippen MR) is 75.7 cm³/mol. The van der Waals surface area contributed by atoms with Crippen molar-refractivity contribution in [3.8, 4) is 22.5 Å². The van der Waals surface area contributed by atoms with Crippen LogP contribution < -0.4 is 0 Å². The van der Waals surface area contributed by atoms with Crippen LogP contribution in [-0.2, 0) is 0 Å². The van der Waals surface area contributed by atoms with E-state index in [4.69, 9.17) is 11.6 Å². The number of hydrogen-bond donors (Lipinski definition) is 0. The summed E-state index contributed by atoms with van der Waals surface area (Å²) < 4.78 is 0. The van der Waals surface area contributed by atoms with E-state index in [-0.39, 0.29) is 0 Å². The van der Waals surface area contributed by atoms with Gasteiger partial charge in [0.15, 0.2) is 0 Å². The Balaban J connectivity index is 2.15. The summed E-state index contributed by atoms with van der Waals surface area (Å²) in [5.74, 6) is 0. The molecule has 3 aromatic rings. The van der Waals surface area contributed by atoms with Crippen molar-refractivity contribution in [2.75, 3.05) is 0 Å². The fourth-order valence-corrected chi connectivity index (χ4v) is 2.01. The Hall–Kier alpha value is -2.26. The first-order valence-corrected chi connectivity index (χ1v) is 6.21. The molecule has 2 aromatic carbocycles. The molecule has 0 aliphatic heterocycles. The van der Waals surface area contributed by atoms with E-state index in [1.807, 2.05) is 54.6 Å². The van der Waals surface area contributed by atoms with Crippen LogP contribution in [0.25, 0.3) is 22.5 Å². The molecule has 0 N–H and O–H groups in total. The molecule has 0 aliphatic rings. The van der Waals surface area contributed by atoms with Crippen LogP contribution in [-0.4, -0.2) is 15.2 Å². The minimum absolute atomic E-state index is 0.701. The molecule has 19 heavy (non-hydrogen) atoms. The molecule has 0 spiro atoms. The van der Waals surface area contributed by atoms with Gasteiger partial charge in [-0.3, -0.25) is 0 Å². The van der Waals surface area contributed by atoms with E-state index in [0.717, 1.165) is 22.5 Å².